The molecular formula is C25H23F4N3O. The molecule has 0 radical (unpaired) electrons. The molecule has 0 aliphatic heterocycles. The number of aryl methyl sites for hydroxylation is 3. The fourth-order valence-electron chi connectivity index (χ4n) is 4.03. The molecule has 2 aromatic heterocycles. The number of imidazole rings is 1. The van der Waals surface area contributed by atoms with E-state index in [2.05, 4.69) is 10.3 Å². The molecule has 0 aliphatic rings. The van der Waals surface area contributed by atoms with Crippen molar-refractivity contribution in [2.45, 2.75) is 33.4 Å². The molecule has 2 heterocycles. The summed E-state index contributed by atoms with van der Waals surface area (Å²) in [6.07, 6.45) is -4.20. The van der Waals surface area contributed by atoms with Crippen LogP contribution in [-0.2, 0) is 12.6 Å². The van der Waals surface area contributed by atoms with Crippen molar-refractivity contribution in [1.29, 1.82) is 0 Å². The number of benzene rings is 2. The molecule has 33 heavy (non-hydrogen) atoms. The number of pyridine rings is 1. The quantitative estimate of drug-likeness (QED) is 0.325. The number of halogens is 4. The van der Waals surface area contributed by atoms with Crippen molar-refractivity contribution in [1.82, 2.24) is 9.38 Å². The van der Waals surface area contributed by atoms with E-state index in [0.29, 0.717) is 23.4 Å². The second-order valence-corrected chi connectivity index (χ2v) is 7.80. The standard InChI is InChI=1S/C25H23F4N3O/c1-5-16-12-17(33-4)13-18(26)21(16)23-24(31-22-14(2)8-6-9-15(22)3)32-19(25(27,28)29)10-7-11-20(32)30-23/h6-13,31H,5H2,1-4H3. The average molecular weight is 457 g/mol. The zero-order valence-electron chi connectivity index (χ0n) is 18.6. The van der Waals surface area contributed by atoms with Crippen molar-refractivity contribution < 1.29 is 22.3 Å². The maximum atomic E-state index is 15.3. The number of hydrogen-bond donors (Lipinski definition) is 1. The number of anilines is 2. The van der Waals surface area contributed by atoms with E-state index >= 15 is 4.39 Å². The van der Waals surface area contributed by atoms with Crippen LogP contribution >= 0.6 is 0 Å². The Hall–Kier alpha value is -3.55. The number of aromatic nitrogens is 2. The Morgan fingerprint density at radius 3 is 2.30 bits per heavy atom. The van der Waals surface area contributed by atoms with Crippen molar-refractivity contribution in [3.63, 3.8) is 0 Å². The van der Waals surface area contributed by atoms with E-state index in [0.717, 1.165) is 21.6 Å². The number of fused-ring (bicyclic) bond motifs is 1. The molecule has 0 unspecified atom stereocenters. The Bertz CT molecular complexity index is 1320. The number of nitrogens with zero attached hydrogens (tertiary/aromatic N) is 2. The maximum absolute atomic E-state index is 15.3. The van der Waals surface area contributed by atoms with Crippen molar-refractivity contribution in [3.05, 3.63) is 76.7 Å². The van der Waals surface area contributed by atoms with Gasteiger partial charge in [-0.3, -0.25) is 4.40 Å². The van der Waals surface area contributed by atoms with Gasteiger partial charge in [0.2, 0.25) is 0 Å². The summed E-state index contributed by atoms with van der Waals surface area (Å²) in [6.45, 7) is 5.55. The zero-order valence-corrected chi connectivity index (χ0v) is 18.6. The fourth-order valence-corrected chi connectivity index (χ4v) is 4.03. The van der Waals surface area contributed by atoms with Crippen LogP contribution in [0.3, 0.4) is 0 Å². The lowest BCUT2D eigenvalue weighted by molar-refractivity contribution is -0.141. The number of rotatable bonds is 5. The Labute approximate surface area is 188 Å². The predicted octanol–water partition coefficient (Wildman–Crippen LogP) is 7.09. The molecule has 2 aromatic carbocycles. The number of nitrogens with one attached hydrogen (secondary N) is 1. The van der Waals surface area contributed by atoms with E-state index in [4.69, 9.17) is 4.74 Å². The largest absolute Gasteiger partial charge is 0.497 e. The molecule has 0 amide bonds. The third-order valence-corrected chi connectivity index (χ3v) is 5.66. The van der Waals surface area contributed by atoms with Crippen molar-refractivity contribution in [2.75, 3.05) is 12.4 Å². The van der Waals surface area contributed by atoms with Gasteiger partial charge in [-0.25, -0.2) is 9.37 Å². The Morgan fingerprint density at radius 2 is 1.70 bits per heavy atom. The van der Waals surface area contributed by atoms with Crippen molar-refractivity contribution in [3.8, 4) is 17.0 Å². The highest BCUT2D eigenvalue weighted by Gasteiger charge is 2.35. The first-order chi connectivity index (χ1) is 15.7. The molecule has 172 valence electrons. The summed E-state index contributed by atoms with van der Waals surface area (Å²) in [5.41, 5.74) is 2.30. The first-order valence-corrected chi connectivity index (χ1v) is 10.4. The number of para-hydroxylation sites is 1. The number of alkyl halides is 3. The van der Waals surface area contributed by atoms with Crippen LogP contribution in [0.15, 0.2) is 48.5 Å². The summed E-state index contributed by atoms with van der Waals surface area (Å²) in [6, 6.07) is 12.2. The van der Waals surface area contributed by atoms with Gasteiger partial charge in [-0.05, 0) is 55.2 Å². The highest BCUT2D eigenvalue weighted by molar-refractivity contribution is 5.83. The summed E-state index contributed by atoms with van der Waals surface area (Å²) in [5, 5.41) is 3.15. The molecule has 0 saturated carbocycles. The third kappa shape index (κ3) is 4.01. The van der Waals surface area contributed by atoms with Gasteiger partial charge < -0.3 is 10.1 Å². The first-order valence-electron chi connectivity index (χ1n) is 10.4. The van der Waals surface area contributed by atoms with Gasteiger partial charge in [0.15, 0.2) is 0 Å². The van der Waals surface area contributed by atoms with E-state index in [9.17, 15) is 13.2 Å². The van der Waals surface area contributed by atoms with Crippen molar-refractivity contribution >= 4 is 17.2 Å². The lowest BCUT2D eigenvalue weighted by atomic mass is 10.0. The molecule has 0 bridgehead atoms. The van der Waals surface area contributed by atoms with Crippen LogP contribution in [-0.4, -0.2) is 16.5 Å². The number of ether oxygens (including phenoxy) is 1. The monoisotopic (exact) mass is 457 g/mol. The Morgan fingerprint density at radius 1 is 1.03 bits per heavy atom. The summed E-state index contributed by atoms with van der Waals surface area (Å²) in [7, 11) is 1.43. The normalized spacial score (nSPS) is 11.8. The van der Waals surface area contributed by atoms with Gasteiger partial charge in [0.1, 0.15) is 34.4 Å². The highest BCUT2D eigenvalue weighted by atomic mass is 19.4. The van der Waals surface area contributed by atoms with Gasteiger partial charge in [0.25, 0.3) is 0 Å². The maximum Gasteiger partial charge on any atom is 0.431 e. The van der Waals surface area contributed by atoms with E-state index in [-0.39, 0.29) is 22.7 Å². The molecule has 0 aliphatic carbocycles. The minimum Gasteiger partial charge on any atom is -0.497 e. The lowest BCUT2D eigenvalue weighted by Gasteiger charge is -2.18. The molecule has 4 aromatic rings. The molecule has 4 rings (SSSR count). The molecule has 0 fully saturated rings. The predicted molar refractivity (Wildman–Crippen MR) is 121 cm³/mol. The smallest absolute Gasteiger partial charge is 0.431 e. The molecule has 0 saturated heterocycles. The van der Waals surface area contributed by atoms with Gasteiger partial charge >= 0.3 is 6.18 Å². The molecular weight excluding hydrogens is 434 g/mol. The number of methoxy groups -OCH3 is 1. The summed E-state index contributed by atoms with van der Waals surface area (Å²) >= 11 is 0. The Kier molecular flexibility index (Phi) is 5.78. The fraction of sp³-hybridized carbons (Fsp3) is 0.240. The first kappa shape index (κ1) is 22.6. The molecule has 8 heteroatoms. The van der Waals surface area contributed by atoms with Gasteiger partial charge in [0, 0.05) is 17.3 Å². The molecule has 0 atom stereocenters. The average Bonchev–Trinajstić information content (AvgIpc) is 3.12. The van der Waals surface area contributed by atoms with E-state index in [1.165, 1.54) is 25.3 Å². The van der Waals surface area contributed by atoms with Gasteiger partial charge in [-0.15, -0.1) is 0 Å². The second-order valence-electron chi connectivity index (χ2n) is 7.80. The van der Waals surface area contributed by atoms with E-state index in [1.807, 2.05) is 39.0 Å². The number of hydrogen-bond acceptors (Lipinski definition) is 3. The van der Waals surface area contributed by atoms with Gasteiger partial charge in [0.05, 0.1) is 7.11 Å². The van der Waals surface area contributed by atoms with Crippen LogP contribution in [0.25, 0.3) is 16.9 Å². The highest BCUT2D eigenvalue weighted by Crippen LogP contribution is 2.41. The van der Waals surface area contributed by atoms with Crippen LogP contribution in [0, 0.1) is 19.7 Å². The molecule has 4 nitrogen and oxygen atoms in total. The van der Waals surface area contributed by atoms with Gasteiger partial charge in [-0.2, -0.15) is 13.2 Å². The minimum absolute atomic E-state index is 0.0501. The molecule has 0 spiro atoms. The summed E-state index contributed by atoms with van der Waals surface area (Å²) < 4.78 is 63.4. The van der Waals surface area contributed by atoms with E-state index in [1.54, 1.807) is 6.07 Å². The van der Waals surface area contributed by atoms with Crippen LogP contribution in [0.1, 0.15) is 29.3 Å². The van der Waals surface area contributed by atoms with Crippen LogP contribution in [0.5, 0.6) is 5.75 Å². The van der Waals surface area contributed by atoms with E-state index < -0.39 is 17.7 Å². The minimum atomic E-state index is -4.64. The third-order valence-electron chi connectivity index (χ3n) is 5.66. The van der Waals surface area contributed by atoms with Gasteiger partial charge in [-0.1, -0.05) is 31.2 Å². The topological polar surface area (TPSA) is 38.6 Å². The Balaban J connectivity index is 2.09. The lowest BCUT2D eigenvalue weighted by Crippen LogP contribution is -2.13. The summed E-state index contributed by atoms with van der Waals surface area (Å²) in [4.78, 5) is 4.46. The van der Waals surface area contributed by atoms with Crippen LogP contribution in [0.2, 0.25) is 0 Å². The SMILES string of the molecule is CCc1cc(OC)cc(F)c1-c1nc2cccc(C(F)(F)F)n2c1Nc1c(C)cccc1C. The molecule has 1 N–H and O–H groups in total. The summed E-state index contributed by atoms with van der Waals surface area (Å²) in [5.74, 6) is -0.237. The van der Waals surface area contributed by atoms with Crippen LogP contribution < -0.4 is 10.1 Å². The second kappa shape index (κ2) is 8.42. The zero-order chi connectivity index (χ0) is 23.9. The van der Waals surface area contributed by atoms with Crippen molar-refractivity contribution in [2.24, 2.45) is 0 Å². The van der Waals surface area contributed by atoms with Crippen LogP contribution in [0.4, 0.5) is 29.1 Å².